The summed E-state index contributed by atoms with van der Waals surface area (Å²) in [6.07, 6.45) is 1.38. The van der Waals surface area contributed by atoms with Gasteiger partial charge in [-0.1, -0.05) is 17.7 Å². The normalized spacial score (nSPS) is 18.2. The molecule has 0 saturated heterocycles. The Balaban J connectivity index is 2.54. The van der Waals surface area contributed by atoms with Crippen LogP contribution in [0.4, 0.5) is 0 Å². The third-order valence-corrected chi connectivity index (χ3v) is 5.43. The standard InChI is InChI=1S/C15H14BrNO3S/c1-9-4-6-12(7-5-9)21(19,20)17-15-10(2)8-13(18)14(16)11(15)3/h4-8H,1-3H3. The van der Waals surface area contributed by atoms with Gasteiger partial charge in [0.1, 0.15) is 0 Å². The van der Waals surface area contributed by atoms with Gasteiger partial charge in [-0.15, -0.1) is 0 Å². The van der Waals surface area contributed by atoms with Gasteiger partial charge >= 0.3 is 0 Å². The Morgan fingerprint density at radius 1 is 1.05 bits per heavy atom. The number of hydrogen-bond donors (Lipinski definition) is 0. The molecule has 110 valence electrons. The molecule has 0 unspecified atom stereocenters. The first-order valence-corrected chi connectivity index (χ1v) is 8.47. The van der Waals surface area contributed by atoms with Gasteiger partial charge in [0.15, 0.2) is 5.78 Å². The van der Waals surface area contributed by atoms with Crippen molar-refractivity contribution >= 4 is 37.4 Å². The lowest BCUT2D eigenvalue weighted by Crippen LogP contribution is -2.16. The van der Waals surface area contributed by atoms with Gasteiger partial charge in [0.05, 0.1) is 15.1 Å². The Kier molecular flexibility index (Phi) is 4.30. The van der Waals surface area contributed by atoms with Crippen molar-refractivity contribution in [2.45, 2.75) is 25.7 Å². The summed E-state index contributed by atoms with van der Waals surface area (Å²) in [5.74, 6) is -0.184. The number of ketones is 1. The van der Waals surface area contributed by atoms with E-state index in [0.717, 1.165) is 5.56 Å². The fourth-order valence-electron chi connectivity index (χ4n) is 1.94. The Labute approximate surface area is 132 Å². The SMILES string of the molecule is CC1=CC(=O)C(Br)=C(C)C1=NS(=O)(=O)c1ccc(C)cc1. The fourth-order valence-corrected chi connectivity index (χ4v) is 3.35. The number of benzene rings is 1. The van der Waals surface area contributed by atoms with Crippen molar-refractivity contribution in [2.24, 2.45) is 4.40 Å². The van der Waals surface area contributed by atoms with E-state index in [1.165, 1.54) is 18.2 Å². The molecule has 1 aliphatic carbocycles. The highest BCUT2D eigenvalue weighted by molar-refractivity contribution is 9.12. The Bertz CT molecular complexity index is 800. The van der Waals surface area contributed by atoms with E-state index in [4.69, 9.17) is 0 Å². The number of sulfonamides is 1. The molecule has 0 fully saturated rings. The van der Waals surface area contributed by atoms with Gasteiger partial charge in [0, 0.05) is 0 Å². The van der Waals surface area contributed by atoms with Crippen LogP contribution in [0.5, 0.6) is 0 Å². The molecule has 1 aromatic carbocycles. The van der Waals surface area contributed by atoms with Crippen LogP contribution in [0.1, 0.15) is 19.4 Å². The first-order chi connectivity index (χ1) is 9.72. The third kappa shape index (κ3) is 3.22. The van der Waals surface area contributed by atoms with Gasteiger partial charge in [-0.05, 0) is 66.1 Å². The number of hydrogen-bond acceptors (Lipinski definition) is 3. The van der Waals surface area contributed by atoms with Crippen LogP contribution in [0, 0.1) is 6.92 Å². The maximum Gasteiger partial charge on any atom is 0.282 e. The number of nitrogens with zero attached hydrogens (tertiary/aromatic N) is 1. The van der Waals surface area contributed by atoms with E-state index in [1.807, 2.05) is 6.92 Å². The second kappa shape index (κ2) is 5.69. The molecular weight excluding hydrogens is 354 g/mol. The monoisotopic (exact) mass is 367 g/mol. The number of allylic oxidation sites excluding steroid dienone is 4. The van der Waals surface area contributed by atoms with Crippen molar-refractivity contribution in [3.8, 4) is 0 Å². The summed E-state index contributed by atoms with van der Waals surface area (Å²) in [6.45, 7) is 5.22. The molecule has 0 aromatic heterocycles. The zero-order valence-electron chi connectivity index (χ0n) is 11.8. The summed E-state index contributed by atoms with van der Waals surface area (Å²) in [6, 6.07) is 6.49. The van der Waals surface area contributed by atoms with Crippen LogP contribution in [-0.4, -0.2) is 19.9 Å². The van der Waals surface area contributed by atoms with E-state index in [0.29, 0.717) is 21.3 Å². The lowest BCUT2D eigenvalue weighted by atomic mass is 9.98. The summed E-state index contributed by atoms with van der Waals surface area (Å²) in [4.78, 5) is 11.8. The van der Waals surface area contributed by atoms with Gasteiger partial charge in [-0.3, -0.25) is 4.79 Å². The van der Waals surface area contributed by atoms with Crippen LogP contribution in [-0.2, 0) is 14.8 Å². The minimum absolute atomic E-state index is 0.134. The summed E-state index contributed by atoms with van der Waals surface area (Å²) < 4.78 is 28.9. The van der Waals surface area contributed by atoms with Gasteiger partial charge < -0.3 is 0 Å². The number of carbonyl (C=O) groups excluding carboxylic acids is 1. The van der Waals surface area contributed by atoms with Crippen molar-refractivity contribution in [3.63, 3.8) is 0 Å². The number of carbonyl (C=O) groups is 1. The highest BCUT2D eigenvalue weighted by Crippen LogP contribution is 2.26. The van der Waals surface area contributed by atoms with Crippen LogP contribution in [0.25, 0.3) is 0 Å². The predicted octanol–water partition coefficient (Wildman–Crippen LogP) is 3.32. The molecular formula is C15H14BrNO3S. The first kappa shape index (κ1) is 15.9. The van der Waals surface area contributed by atoms with Crippen molar-refractivity contribution in [3.05, 3.63) is 51.5 Å². The lowest BCUT2D eigenvalue weighted by molar-refractivity contribution is -0.110. The van der Waals surface area contributed by atoms with Crippen molar-refractivity contribution < 1.29 is 13.2 Å². The largest absolute Gasteiger partial charge is 0.289 e. The van der Waals surface area contributed by atoms with Crippen LogP contribution in [0.2, 0.25) is 0 Å². The quantitative estimate of drug-likeness (QED) is 0.753. The molecule has 0 spiro atoms. The van der Waals surface area contributed by atoms with Gasteiger partial charge in [0.2, 0.25) is 0 Å². The molecule has 0 atom stereocenters. The van der Waals surface area contributed by atoms with E-state index < -0.39 is 10.0 Å². The minimum Gasteiger partial charge on any atom is -0.289 e. The molecule has 1 aromatic rings. The Morgan fingerprint density at radius 2 is 1.62 bits per heavy atom. The number of aryl methyl sites for hydroxylation is 1. The van der Waals surface area contributed by atoms with Crippen molar-refractivity contribution in [1.82, 2.24) is 0 Å². The summed E-state index contributed by atoms with van der Waals surface area (Å²) in [5.41, 5.74) is 2.34. The average molecular weight is 368 g/mol. The molecule has 1 aliphatic rings. The first-order valence-electron chi connectivity index (χ1n) is 6.24. The molecule has 21 heavy (non-hydrogen) atoms. The number of halogens is 1. The fraction of sp³-hybridized carbons (Fsp3) is 0.200. The molecule has 0 radical (unpaired) electrons. The second-order valence-electron chi connectivity index (χ2n) is 4.86. The van der Waals surface area contributed by atoms with Crippen LogP contribution >= 0.6 is 15.9 Å². The van der Waals surface area contributed by atoms with Crippen LogP contribution in [0.15, 0.2) is 55.3 Å². The van der Waals surface area contributed by atoms with E-state index in [9.17, 15) is 13.2 Å². The third-order valence-electron chi connectivity index (χ3n) is 3.15. The van der Waals surface area contributed by atoms with Crippen molar-refractivity contribution in [1.29, 1.82) is 0 Å². The maximum absolute atomic E-state index is 12.4. The smallest absolute Gasteiger partial charge is 0.282 e. The molecule has 0 bridgehead atoms. The van der Waals surface area contributed by atoms with E-state index >= 15 is 0 Å². The highest BCUT2D eigenvalue weighted by atomic mass is 79.9. The van der Waals surface area contributed by atoms with E-state index in [1.54, 1.807) is 26.0 Å². The zero-order chi connectivity index (χ0) is 15.8. The average Bonchev–Trinajstić information content (AvgIpc) is 2.42. The highest BCUT2D eigenvalue weighted by Gasteiger charge is 2.23. The topological polar surface area (TPSA) is 63.6 Å². The van der Waals surface area contributed by atoms with Gasteiger partial charge in [-0.25, -0.2) is 0 Å². The molecule has 0 heterocycles. The second-order valence-corrected chi connectivity index (χ2v) is 7.26. The lowest BCUT2D eigenvalue weighted by Gasteiger charge is -2.14. The van der Waals surface area contributed by atoms with Crippen LogP contribution in [0.3, 0.4) is 0 Å². The van der Waals surface area contributed by atoms with Crippen LogP contribution < -0.4 is 0 Å². The molecule has 4 nitrogen and oxygen atoms in total. The molecule has 2 rings (SSSR count). The van der Waals surface area contributed by atoms with Gasteiger partial charge in [0.25, 0.3) is 10.0 Å². The maximum atomic E-state index is 12.4. The molecule has 0 saturated carbocycles. The Morgan fingerprint density at radius 3 is 2.19 bits per heavy atom. The molecule has 0 N–H and O–H groups in total. The van der Waals surface area contributed by atoms with Crippen molar-refractivity contribution in [2.75, 3.05) is 0 Å². The summed E-state index contributed by atoms with van der Waals surface area (Å²) in [5, 5.41) is 0. The Hall–Kier alpha value is -1.53. The molecule has 6 heteroatoms. The minimum atomic E-state index is -3.80. The van der Waals surface area contributed by atoms with E-state index in [2.05, 4.69) is 20.3 Å². The number of rotatable bonds is 2. The summed E-state index contributed by atoms with van der Waals surface area (Å²) in [7, 11) is -3.80. The molecule has 0 aliphatic heterocycles. The van der Waals surface area contributed by atoms with Gasteiger partial charge in [-0.2, -0.15) is 12.8 Å². The zero-order valence-corrected chi connectivity index (χ0v) is 14.2. The molecule has 0 amide bonds. The van der Waals surface area contributed by atoms with E-state index in [-0.39, 0.29) is 10.7 Å². The predicted molar refractivity (Wildman–Crippen MR) is 86.2 cm³/mol. The summed E-state index contributed by atoms with van der Waals surface area (Å²) >= 11 is 3.17.